The molecule has 0 aliphatic carbocycles. The third-order valence-corrected chi connectivity index (χ3v) is 4.04. The molecule has 4 nitrogen and oxygen atoms in total. The summed E-state index contributed by atoms with van der Waals surface area (Å²) < 4.78 is 0.998. The lowest BCUT2D eigenvalue weighted by Gasteiger charge is -2.20. The maximum absolute atomic E-state index is 12.1. The Balaban J connectivity index is 2.50. The molecule has 0 bridgehead atoms. The second kappa shape index (κ2) is 9.41. The number of benzene rings is 1. The van der Waals surface area contributed by atoms with E-state index in [-0.39, 0.29) is 5.91 Å². The second-order valence-electron chi connectivity index (χ2n) is 3.94. The fourth-order valence-electron chi connectivity index (χ4n) is 1.50. The maximum Gasteiger partial charge on any atom is 0.232 e. The number of carbonyl (C=O) groups is 1. The zero-order valence-corrected chi connectivity index (χ0v) is 13.3. The Morgan fingerprint density at radius 3 is 2.20 bits per heavy atom. The number of nitrogens with zero attached hydrogens (tertiary/aromatic N) is 3. The predicted molar refractivity (Wildman–Crippen MR) is 81.9 cm³/mol. The van der Waals surface area contributed by atoms with E-state index in [2.05, 4.69) is 15.9 Å². The Bertz CT molecular complexity index is 501. The minimum Gasteiger partial charge on any atom is -0.340 e. The first-order chi connectivity index (χ1) is 9.67. The van der Waals surface area contributed by atoms with Crippen LogP contribution in [0.3, 0.4) is 0 Å². The van der Waals surface area contributed by atoms with E-state index >= 15 is 0 Å². The summed E-state index contributed by atoms with van der Waals surface area (Å²) in [4.78, 5) is 14.7. The lowest BCUT2D eigenvalue weighted by Crippen LogP contribution is -2.34. The fourth-order valence-corrected chi connectivity index (χ4v) is 2.56. The standard InChI is InChI=1S/C14H14BrN3OS/c15-12-3-5-13(6-4-12)20-11-14(19)18(9-1-7-16)10-2-8-17/h3-6H,1-2,9-11H2. The van der Waals surface area contributed by atoms with E-state index in [1.807, 2.05) is 36.4 Å². The third-order valence-electron chi connectivity index (χ3n) is 2.52. The molecule has 1 aromatic carbocycles. The van der Waals surface area contributed by atoms with Crippen LogP contribution in [-0.2, 0) is 4.79 Å². The summed E-state index contributed by atoms with van der Waals surface area (Å²) in [6, 6.07) is 11.8. The molecular formula is C14H14BrN3OS. The van der Waals surface area contributed by atoms with E-state index in [0.29, 0.717) is 31.7 Å². The average molecular weight is 352 g/mol. The van der Waals surface area contributed by atoms with Gasteiger partial charge in [0.2, 0.25) is 5.91 Å². The smallest absolute Gasteiger partial charge is 0.232 e. The van der Waals surface area contributed by atoms with Gasteiger partial charge in [-0.3, -0.25) is 4.79 Å². The predicted octanol–water partition coefficient (Wildman–Crippen LogP) is 3.20. The Morgan fingerprint density at radius 1 is 1.15 bits per heavy atom. The summed E-state index contributed by atoms with van der Waals surface area (Å²) in [7, 11) is 0. The highest BCUT2D eigenvalue weighted by molar-refractivity contribution is 9.10. The van der Waals surface area contributed by atoms with Crippen LogP contribution in [0.4, 0.5) is 0 Å². The molecule has 0 aromatic heterocycles. The van der Waals surface area contributed by atoms with Gasteiger partial charge in [0.05, 0.1) is 30.7 Å². The van der Waals surface area contributed by atoms with Crippen molar-refractivity contribution < 1.29 is 4.79 Å². The van der Waals surface area contributed by atoms with E-state index in [0.717, 1.165) is 9.37 Å². The lowest BCUT2D eigenvalue weighted by molar-refractivity contribution is -0.128. The zero-order chi connectivity index (χ0) is 14.8. The number of rotatable bonds is 7. The van der Waals surface area contributed by atoms with Crippen LogP contribution in [0.2, 0.25) is 0 Å². The molecule has 0 saturated heterocycles. The number of amides is 1. The zero-order valence-electron chi connectivity index (χ0n) is 10.9. The van der Waals surface area contributed by atoms with Crippen molar-refractivity contribution in [2.24, 2.45) is 0 Å². The molecule has 0 aliphatic rings. The molecule has 0 N–H and O–H groups in total. The molecular weight excluding hydrogens is 338 g/mol. The number of carbonyl (C=O) groups excluding carboxylic acids is 1. The van der Waals surface area contributed by atoms with Crippen molar-refractivity contribution in [2.75, 3.05) is 18.8 Å². The number of thioether (sulfide) groups is 1. The molecule has 0 saturated carbocycles. The van der Waals surface area contributed by atoms with Crippen molar-refractivity contribution in [2.45, 2.75) is 17.7 Å². The summed E-state index contributed by atoms with van der Waals surface area (Å²) in [5.41, 5.74) is 0. The molecule has 1 rings (SSSR count). The van der Waals surface area contributed by atoms with Crippen molar-refractivity contribution in [1.82, 2.24) is 4.90 Å². The monoisotopic (exact) mass is 351 g/mol. The fraction of sp³-hybridized carbons (Fsp3) is 0.357. The molecule has 6 heteroatoms. The normalized spacial score (nSPS) is 9.55. The average Bonchev–Trinajstić information content (AvgIpc) is 2.46. The van der Waals surface area contributed by atoms with Gasteiger partial charge in [0.25, 0.3) is 0 Å². The van der Waals surface area contributed by atoms with Gasteiger partial charge in [-0.25, -0.2) is 0 Å². The van der Waals surface area contributed by atoms with Crippen LogP contribution in [0, 0.1) is 22.7 Å². The summed E-state index contributed by atoms with van der Waals surface area (Å²) in [6.45, 7) is 0.774. The van der Waals surface area contributed by atoms with Gasteiger partial charge in [0, 0.05) is 22.5 Å². The van der Waals surface area contributed by atoms with Gasteiger partial charge in [-0.1, -0.05) is 15.9 Å². The van der Waals surface area contributed by atoms with Gasteiger partial charge in [-0.05, 0) is 24.3 Å². The molecule has 0 unspecified atom stereocenters. The molecule has 0 atom stereocenters. The van der Waals surface area contributed by atoms with Crippen molar-refractivity contribution in [3.63, 3.8) is 0 Å². The summed E-state index contributed by atoms with van der Waals surface area (Å²) in [5.74, 6) is 0.279. The number of nitriles is 2. The van der Waals surface area contributed by atoms with Gasteiger partial charge >= 0.3 is 0 Å². The second-order valence-corrected chi connectivity index (χ2v) is 5.90. The minimum atomic E-state index is -0.0385. The van der Waals surface area contributed by atoms with Crippen molar-refractivity contribution in [3.8, 4) is 12.1 Å². The Hall–Kier alpha value is -1.50. The largest absolute Gasteiger partial charge is 0.340 e. The first-order valence-corrected chi connectivity index (χ1v) is 7.85. The van der Waals surface area contributed by atoms with Gasteiger partial charge in [0.1, 0.15) is 0 Å². The minimum absolute atomic E-state index is 0.0385. The van der Waals surface area contributed by atoms with E-state index < -0.39 is 0 Å². The lowest BCUT2D eigenvalue weighted by atomic mass is 10.3. The van der Waals surface area contributed by atoms with Crippen molar-refractivity contribution >= 4 is 33.6 Å². The van der Waals surface area contributed by atoms with Crippen molar-refractivity contribution in [1.29, 1.82) is 10.5 Å². The highest BCUT2D eigenvalue weighted by atomic mass is 79.9. The van der Waals surface area contributed by atoms with Crippen LogP contribution in [0.15, 0.2) is 33.6 Å². The first-order valence-electron chi connectivity index (χ1n) is 6.07. The van der Waals surface area contributed by atoms with Crippen LogP contribution >= 0.6 is 27.7 Å². The quantitative estimate of drug-likeness (QED) is 0.707. The van der Waals surface area contributed by atoms with E-state index in [1.54, 1.807) is 4.90 Å². The summed E-state index contributed by atoms with van der Waals surface area (Å²) in [6.07, 6.45) is 0.584. The van der Waals surface area contributed by atoms with Crippen LogP contribution in [0.1, 0.15) is 12.8 Å². The molecule has 0 fully saturated rings. The summed E-state index contributed by atoms with van der Waals surface area (Å²) >= 11 is 4.81. The molecule has 0 heterocycles. The van der Waals surface area contributed by atoms with Gasteiger partial charge in [-0.2, -0.15) is 10.5 Å². The highest BCUT2D eigenvalue weighted by Gasteiger charge is 2.13. The topological polar surface area (TPSA) is 67.9 Å². The van der Waals surface area contributed by atoms with E-state index in [1.165, 1.54) is 11.8 Å². The SMILES string of the molecule is N#CCCN(CCC#N)C(=O)CSc1ccc(Br)cc1. The molecule has 1 aromatic rings. The number of hydrogen-bond acceptors (Lipinski definition) is 4. The number of hydrogen-bond donors (Lipinski definition) is 0. The number of halogens is 1. The van der Waals surface area contributed by atoms with Crippen LogP contribution < -0.4 is 0 Å². The van der Waals surface area contributed by atoms with Gasteiger partial charge in [0.15, 0.2) is 0 Å². The van der Waals surface area contributed by atoms with Crippen LogP contribution in [0.25, 0.3) is 0 Å². The molecule has 0 radical (unpaired) electrons. The van der Waals surface area contributed by atoms with Gasteiger partial charge in [-0.15, -0.1) is 11.8 Å². The first kappa shape index (κ1) is 16.6. The Morgan fingerprint density at radius 2 is 1.70 bits per heavy atom. The maximum atomic E-state index is 12.1. The molecule has 0 spiro atoms. The molecule has 104 valence electrons. The van der Waals surface area contributed by atoms with Crippen LogP contribution in [0.5, 0.6) is 0 Å². The van der Waals surface area contributed by atoms with Crippen molar-refractivity contribution in [3.05, 3.63) is 28.7 Å². The highest BCUT2D eigenvalue weighted by Crippen LogP contribution is 2.21. The molecule has 1 amide bonds. The van der Waals surface area contributed by atoms with Gasteiger partial charge < -0.3 is 4.90 Å². The van der Waals surface area contributed by atoms with Crippen LogP contribution in [-0.4, -0.2) is 29.6 Å². The Kier molecular flexibility index (Phi) is 7.79. The molecule has 0 aliphatic heterocycles. The third kappa shape index (κ3) is 6.10. The van der Waals surface area contributed by atoms with E-state index in [4.69, 9.17) is 10.5 Å². The Labute approximate surface area is 131 Å². The molecule has 20 heavy (non-hydrogen) atoms. The summed E-state index contributed by atoms with van der Waals surface area (Å²) in [5, 5.41) is 17.2. The van der Waals surface area contributed by atoms with E-state index in [9.17, 15) is 4.79 Å².